The summed E-state index contributed by atoms with van der Waals surface area (Å²) in [6.45, 7) is 3.61. The van der Waals surface area contributed by atoms with Gasteiger partial charge in [0, 0.05) is 0 Å². The third kappa shape index (κ3) is 2.15. The van der Waals surface area contributed by atoms with E-state index in [1.807, 2.05) is 5.43 Å². The van der Waals surface area contributed by atoms with Gasteiger partial charge in [-0.15, -0.1) is 11.3 Å². The number of carbonyl (C=O) groups is 2. The van der Waals surface area contributed by atoms with Crippen molar-refractivity contribution in [1.82, 2.24) is 5.43 Å². The number of esters is 1. The Morgan fingerprint density at radius 3 is 2.62 bits per heavy atom. The van der Waals surface area contributed by atoms with Crippen LogP contribution in [-0.4, -0.2) is 18.5 Å². The second-order valence-electron chi connectivity index (χ2n) is 2.99. The van der Waals surface area contributed by atoms with Crippen LogP contribution in [0.15, 0.2) is 0 Å². The van der Waals surface area contributed by atoms with Crippen LogP contribution in [-0.2, 0) is 4.74 Å². The van der Waals surface area contributed by atoms with Crippen molar-refractivity contribution in [1.29, 1.82) is 0 Å². The summed E-state index contributed by atoms with van der Waals surface area (Å²) in [4.78, 5) is 23.2. The predicted octanol–water partition coefficient (Wildman–Crippen LogP) is 0.419. The van der Waals surface area contributed by atoms with Gasteiger partial charge in [-0.2, -0.15) is 0 Å². The van der Waals surface area contributed by atoms with Crippen molar-refractivity contribution < 1.29 is 14.3 Å². The molecular weight excluding hydrogens is 230 g/mol. The SMILES string of the molecule is CCOC(=O)c1sc(N)c(C(=O)NN)c1C. The van der Waals surface area contributed by atoms with Crippen molar-refractivity contribution in [2.45, 2.75) is 13.8 Å². The van der Waals surface area contributed by atoms with Crippen LogP contribution in [0.4, 0.5) is 5.00 Å². The second-order valence-corrected chi connectivity index (χ2v) is 4.04. The number of thiophene rings is 1. The Balaban J connectivity index is 3.16. The van der Waals surface area contributed by atoms with Crippen LogP contribution in [0.1, 0.15) is 32.5 Å². The van der Waals surface area contributed by atoms with Crippen molar-refractivity contribution in [3.8, 4) is 0 Å². The van der Waals surface area contributed by atoms with Gasteiger partial charge in [-0.3, -0.25) is 10.2 Å². The maximum absolute atomic E-state index is 11.5. The highest BCUT2D eigenvalue weighted by Gasteiger charge is 2.23. The third-order valence-electron chi connectivity index (χ3n) is 1.99. The van der Waals surface area contributed by atoms with Gasteiger partial charge < -0.3 is 10.5 Å². The molecule has 0 unspecified atom stereocenters. The fraction of sp³-hybridized carbons (Fsp3) is 0.333. The zero-order valence-corrected chi connectivity index (χ0v) is 9.81. The number of hydrazine groups is 1. The number of nitrogen functional groups attached to an aromatic ring is 2. The van der Waals surface area contributed by atoms with Gasteiger partial charge in [0.2, 0.25) is 0 Å². The number of hydrogen-bond acceptors (Lipinski definition) is 6. The van der Waals surface area contributed by atoms with Crippen molar-refractivity contribution in [3.63, 3.8) is 0 Å². The fourth-order valence-corrected chi connectivity index (χ4v) is 2.25. The fourth-order valence-electron chi connectivity index (χ4n) is 1.28. The van der Waals surface area contributed by atoms with E-state index in [1.54, 1.807) is 13.8 Å². The molecule has 88 valence electrons. The van der Waals surface area contributed by atoms with Crippen LogP contribution in [0.2, 0.25) is 0 Å². The van der Waals surface area contributed by atoms with E-state index in [9.17, 15) is 9.59 Å². The smallest absolute Gasteiger partial charge is 0.348 e. The minimum atomic E-state index is -0.512. The quantitative estimate of drug-likeness (QED) is 0.308. The first-order valence-electron chi connectivity index (χ1n) is 4.59. The molecule has 0 saturated carbocycles. The molecule has 6 nitrogen and oxygen atoms in total. The number of nitrogens with two attached hydrogens (primary N) is 2. The third-order valence-corrected chi connectivity index (χ3v) is 3.09. The van der Waals surface area contributed by atoms with Gasteiger partial charge in [0.1, 0.15) is 4.88 Å². The Hall–Kier alpha value is -1.60. The molecule has 0 aliphatic carbocycles. The van der Waals surface area contributed by atoms with Crippen molar-refractivity contribution in [2.75, 3.05) is 12.3 Å². The van der Waals surface area contributed by atoms with Gasteiger partial charge >= 0.3 is 5.97 Å². The molecule has 1 aromatic heterocycles. The zero-order valence-electron chi connectivity index (χ0n) is 8.99. The highest BCUT2D eigenvalue weighted by molar-refractivity contribution is 7.18. The highest BCUT2D eigenvalue weighted by atomic mass is 32.1. The molecule has 0 atom stereocenters. The molecule has 1 aromatic rings. The van der Waals surface area contributed by atoms with Gasteiger partial charge in [0.15, 0.2) is 0 Å². The summed E-state index contributed by atoms with van der Waals surface area (Å²) in [5.41, 5.74) is 8.35. The van der Waals surface area contributed by atoms with Crippen LogP contribution in [0.25, 0.3) is 0 Å². The van der Waals surface area contributed by atoms with Crippen molar-refractivity contribution in [2.24, 2.45) is 5.84 Å². The highest BCUT2D eigenvalue weighted by Crippen LogP contribution is 2.30. The Bertz CT molecular complexity index is 428. The Kier molecular flexibility index (Phi) is 3.86. The maximum Gasteiger partial charge on any atom is 0.348 e. The second kappa shape index (κ2) is 4.95. The van der Waals surface area contributed by atoms with Crippen molar-refractivity contribution >= 4 is 28.2 Å². The molecule has 0 radical (unpaired) electrons. The van der Waals surface area contributed by atoms with Gasteiger partial charge in [0.05, 0.1) is 17.2 Å². The molecule has 0 saturated heterocycles. The van der Waals surface area contributed by atoms with E-state index in [2.05, 4.69) is 0 Å². The van der Waals surface area contributed by atoms with Crippen LogP contribution in [0.3, 0.4) is 0 Å². The van der Waals surface area contributed by atoms with E-state index < -0.39 is 11.9 Å². The minimum Gasteiger partial charge on any atom is -0.462 e. The van der Waals surface area contributed by atoms with Crippen LogP contribution < -0.4 is 17.0 Å². The lowest BCUT2D eigenvalue weighted by atomic mass is 10.1. The molecule has 0 bridgehead atoms. The van der Waals surface area contributed by atoms with Crippen LogP contribution in [0.5, 0.6) is 0 Å². The number of nitrogens with one attached hydrogen (secondary N) is 1. The number of rotatable bonds is 3. The van der Waals surface area contributed by atoms with Gasteiger partial charge in [-0.05, 0) is 19.4 Å². The summed E-state index contributed by atoms with van der Waals surface area (Å²) in [7, 11) is 0. The number of anilines is 1. The lowest BCUT2D eigenvalue weighted by molar-refractivity contribution is 0.0531. The number of amides is 1. The zero-order chi connectivity index (χ0) is 12.3. The Morgan fingerprint density at radius 2 is 2.12 bits per heavy atom. The molecule has 1 amide bonds. The number of ether oxygens (including phenoxy) is 1. The first kappa shape index (κ1) is 12.5. The molecular formula is C9H13N3O3S. The largest absolute Gasteiger partial charge is 0.462 e. The van der Waals surface area contributed by atoms with E-state index in [0.717, 1.165) is 11.3 Å². The predicted molar refractivity (Wildman–Crippen MR) is 61.1 cm³/mol. The van der Waals surface area contributed by atoms with Crippen LogP contribution in [0, 0.1) is 6.92 Å². The molecule has 7 heteroatoms. The first-order chi connectivity index (χ1) is 7.52. The average Bonchev–Trinajstić information content (AvgIpc) is 2.54. The maximum atomic E-state index is 11.5. The summed E-state index contributed by atoms with van der Waals surface area (Å²) in [5.74, 6) is 4.03. The molecule has 0 spiro atoms. The summed E-state index contributed by atoms with van der Waals surface area (Å²) in [5, 5.41) is 0.253. The Labute approximate surface area is 96.5 Å². The minimum absolute atomic E-state index is 0.232. The van der Waals surface area contributed by atoms with Gasteiger partial charge in [0.25, 0.3) is 5.91 Å². The van der Waals surface area contributed by atoms with E-state index >= 15 is 0 Å². The molecule has 0 aliphatic rings. The van der Waals surface area contributed by atoms with E-state index in [-0.39, 0.29) is 17.2 Å². The van der Waals surface area contributed by atoms with Gasteiger partial charge in [-0.1, -0.05) is 0 Å². The average molecular weight is 243 g/mol. The van der Waals surface area contributed by atoms with Gasteiger partial charge in [-0.25, -0.2) is 10.6 Å². The normalized spacial score (nSPS) is 9.94. The first-order valence-corrected chi connectivity index (χ1v) is 5.41. The summed E-state index contributed by atoms with van der Waals surface area (Å²) in [6.07, 6.45) is 0. The molecule has 16 heavy (non-hydrogen) atoms. The molecule has 1 rings (SSSR count). The lowest BCUT2D eigenvalue weighted by Crippen LogP contribution is -2.30. The standard InChI is InChI=1S/C9H13N3O3S/c1-3-15-9(14)6-4(2)5(7(10)16-6)8(13)12-11/h3,10-11H2,1-2H3,(H,12,13). The van der Waals surface area contributed by atoms with Crippen molar-refractivity contribution in [3.05, 3.63) is 16.0 Å². The van der Waals surface area contributed by atoms with Crippen LogP contribution >= 0.6 is 11.3 Å². The van der Waals surface area contributed by atoms with E-state index in [1.165, 1.54) is 0 Å². The summed E-state index contributed by atoms with van der Waals surface area (Å²) in [6, 6.07) is 0. The topological polar surface area (TPSA) is 107 Å². The molecule has 0 fully saturated rings. The number of carbonyl (C=O) groups excluding carboxylic acids is 2. The molecule has 0 aliphatic heterocycles. The summed E-state index contributed by atoms with van der Waals surface area (Å²) >= 11 is 1.02. The Morgan fingerprint density at radius 1 is 1.50 bits per heavy atom. The summed E-state index contributed by atoms with van der Waals surface area (Å²) < 4.78 is 4.84. The lowest BCUT2D eigenvalue weighted by Gasteiger charge is -2.01. The monoisotopic (exact) mass is 243 g/mol. The molecule has 1 heterocycles. The number of hydrogen-bond donors (Lipinski definition) is 3. The molecule has 5 N–H and O–H groups in total. The molecule has 0 aromatic carbocycles. The van der Waals surface area contributed by atoms with E-state index in [0.29, 0.717) is 10.4 Å². The van der Waals surface area contributed by atoms with E-state index in [4.69, 9.17) is 16.3 Å².